The Kier molecular flexibility index (Phi) is 5.09. The first-order valence-corrected chi connectivity index (χ1v) is 10.4. The van der Waals surface area contributed by atoms with Crippen molar-refractivity contribution in [2.75, 3.05) is 0 Å². The number of amides is 1. The van der Waals surface area contributed by atoms with Crippen LogP contribution in [0.5, 0.6) is 0 Å². The number of nitrogens with zero attached hydrogens (tertiary/aromatic N) is 2. The standard InChI is InChI=1S/C20H20F3N3O3S/c1-2-19(28,20(21,22)23)18-26-25-14(29-18)9-10-6-7-12-13(8-10)30-16(17(24)27)15(12)11-4-3-5-11/h6-8,11,28H,2-5,9H2,1H3,(H2,24,27). The number of fused-ring (bicyclic) bond motifs is 1. The van der Waals surface area contributed by atoms with Crippen LogP contribution in [0.4, 0.5) is 13.2 Å². The molecule has 10 heteroatoms. The largest absolute Gasteiger partial charge is 0.426 e. The molecule has 1 aromatic carbocycles. The van der Waals surface area contributed by atoms with Gasteiger partial charge in [0.05, 0.1) is 11.3 Å². The fourth-order valence-electron chi connectivity index (χ4n) is 3.70. The Morgan fingerprint density at radius 3 is 2.63 bits per heavy atom. The van der Waals surface area contributed by atoms with E-state index in [1.165, 1.54) is 18.3 Å². The number of aromatic nitrogens is 2. The zero-order valence-corrected chi connectivity index (χ0v) is 16.9. The molecule has 1 amide bonds. The van der Waals surface area contributed by atoms with Crippen LogP contribution in [-0.4, -0.2) is 27.4 Å². The molecular formula is C20H20F3N3O3S. The third-order valence-corrected chi connectivity index (χ3v) is 6.87. The molecule has 0 radical (unpaired) electrons. The van der Waals surface area contributed by atoms with Crippen LogP contribution in [0, 0.1) is 0 Å². The maximum atomic E-state index is 13.2. The predicted molar refractivity (Wildman–Crippen MR) is 104 cm³/mol. The van der Waals surface area contributed by atoms with E-state index in [1.54, 1.807) is 0 Å². The smallest absolute Gasteiger partial charge is 0.421 e. The molecule has 160 valence electrons. The van der Waals surface area contributed by atoms with E-state index in [9.17, 15) is 23.1 Å². The minimum Gasteiger partial charge on any atom is -0.421 e. The van der Waals surface area contributed by atoms with Gasteiger partial charge in [0.2, 0.25) is 11.5 Å². The first-order valence-electron chi connectivity index (χ1n) is 9.61. The van der Waals surface area contributed by atoms with Crippen molar-refractivity contribution in [3.8, 4) is 0 Å². The van der Waals surface area contributed by atoms with E-state index >= 15 is 0 Å². The molecule has 1 atom stereocenters. The molecule has 0 spiro atoms. The molecule has 6 nitrogen and oxygen atoms in total. The van der Waals surface area contributed by atoms with Crippen LogP contribution in [0.3, 0.4) is 0 Å². The number of rotatable bonds is 6. The van der Waals surface area contributed by atoms with Crippen molar-refractivity contribution in [1.29, 1.82) is 0 Å². The van der Waals surface area contributed by atoms with Gasteiger partial charge in [-0.1, -0.05) is 25.5 Å². The maximum Gasteiger partial charge on any atom is 0.426 e. The summed E-state index contributed by atoms with van der Waals surface area (Å²) in [4.78, 5) is 12.5. The summed E-state index contributed by atoms with van der Waals surface area (Å²) in [5.41, 5.74) is 4.13. The lowest BCUT2D eigenvalue weighted by Gasteiger charge is -2.26. The van der Waals surface area contributed by atoms with Gasteiger partial charge in [0.15, 0.2) is 0 Å². The summed E-state index contributed by atoms with van der Waals surface area (Å²) in [6.07, 6.45) is -2.29. The Hall–Kier alpha value is -2.46. The zero-order chi connectivity index (χ0) is 21.7. The first kappa shape index (κ1) is 20.8. The predicted octanol–water partition coefficient (Wildman–Crippen LogP) is 4.40. The number of hydrogen-bond donors (Lipinski definition) is 2. The highest BCUT2D eigenvalue weighted by Gasteiger charge is 2.57. The summed E-state index contributed by atoms with van der Waals surface area (Å²) in [5.74, 6) is -1.02. The highest BCUT2D eigenvalue weighted by Crippen LogP contribution is 2.45. The Labute approximate surface area is 173 Å². The van der Waals surface area contributed by atoms with Crippen molar-refractivity contribution in [3.05, 3.63) is 46.0 Å². The number of primary amides is 1. The normalized spacial score (nSPS) is 17.1. The van der Waals surface area contributed by atoms with Gasteiger partial charge >= 0.3 is 6.18 Å². The van der Waals surface area contributed by atoms with Crippen LogP contribution in [0.1, 0.15) is 71.1 Å². The van der Waals surface area contributed by atoms with Gasteiger partial charge in [0.1, 0.15) is 0 Å². The monoisotopic (exact) mass is 439 g/mol. The van der Waals surface area contributed by atoms with Gasteiger partial charge in [0.25, 0.3) is 11.8 Å². The zero-order valence-electron chi connectivity index (χ0n) is 16.1. The average molecular weight is 439 g/mol. The number of halogens is 3. The van der Waals surface area contributed by atoms with E-state index in [-0.39, 0.29) is 12.3 Å². The fourth-order valence-corrected chi connectivity index (χ4v) is 4.90. The van der Waals surface area contributed by atoms with Crippen molar-refractivity contribution in [2.45, 2.75) is 56.7 Å². The van der Waals surface area contributed by atoms with E-state index in [0.29, 0.717) is 10.8 Å². The topological polar surface area (TPSA) is 102 Å². The van der Waals surface area contributed by atoms with Gasteiger partial charge in [-0.05, 0) is 47.8 Å². The Balaban J connectivity index is 1.64. The van der Waals surface area contributed by atoms with Crippen LogP contribution in [0.25, 0.3) is 10.1 Å². The summed E-state index contributed by atoms with van der Waals surface area (Å²) in [6, 6.07) is 5.58. The van der Waals surface area contributed by atoms with Crippen molar-refractivity contribution in [2.24, 2.45) is 5.73 Å². The van der Waals surface area contributed by atoms with Gasteiger partial charge in [-0.15, -0.1) is 21.5 Å². The minimum atomic E-state index is -4.93. The minimum absolute atomic E-state index is 0.0358. The summed E-state index contributed by atoms with van der Waals surface area (Å²) >= 11 is 1.32. The van der Waals surface area contributed by atoms with Crippen LogP contribution in [-0.2, 0) is 12.0 Å². The summed E-state index contributed by atoms with van der Waals surface area (Å²) in [5, 5.41) is 18.0. The molecule has 1 fully saturated rings. The summed E-state index contributed by atoms with van der Waals surface area (Å²) in [7, 11) is 0. The van der Waals surface area contributed by atoms with Gasteiger partial charge < -0.3 is 15.3 Å². The molecule has 0 bridgehead atoms. The van der Waals surface area contributed by atoms with E-state index < -0.39 is 30.0 Å². The van der Waals surface area contributed by atoms with E-state index in [2.05, 4.69) is 10.2 Å². The number of carbonyl (C=O) groups excluding carboxylic acids is 1. The van der Waals surface area contributed by atoms with Crippen molar-refractivity contribution in [3.63, 3.8) is 0 Å². The highest BCUT2D eigenvalue weighted by atomic mass is 32.1. The van der Waals surface area contributed by atoms with Gasteiger partial charge in [-0.2, -0.15) is 13.2 Å². The van der Waals surface area contributed by atoms with E-state index in [4.69, 9.17) is 10.2 Å². The van der Waals surface area contributed by atoms with Crippen molar-refractivity contribution in [1.82, 2.24) is 10.2 Å². The lowest BCUT2D eigenvalue weighted by atomic mass is 9.78. The van der Waals surface area contributed by atoms with Crippen molar-refractivity contribution >= 4 is 27.3 Å². The second-order valence-corrected chi connectivity index (χ2v) is 8.61. The van der Waals surface area contributed by atoms with Crippen molar-refractivity contribution < 1.29 is 27.5 Å². The molecule has 2 aromatic heterocycles. The number of alkyl halides is 3. The third kappa shape index (κ3) is 3.37. The second-order valence-electron chi connectivity index (χ2n) is 7.56. The molecule has 2 heterocycles. The molecule has 3 N–H and O–H groups in total. The number of thiophene rings is 1. The first-order chi connectivity index (χ1) is 14.1. The molecule has 1 unspecified atom stereocenters. The molecule has 0 aliphatic heterocycles. The summed E-state index contributed by atoms with van der Waals surface area (Å²) in [6.45, 7) is 1.19. The van der Waals surface area contributed by atoms with Gasteiger partial charge in [-0.25, -0.2) is 0 Å². The molecule has 0 saturated heterocycles. The fraction of sp³-hybridized carbons (Fsp3) is 0.450. The third-order valence-electron chi connectivity index (χ3n) is 5.69. The number of aliphatic hydroxyl groups is 1. The number of carbonyl (C=O) groups is 1. The molecule has 4 rings (SSSR count). The van der Waals surface area contributed by atoms with Crippen LogP contribution >= 0.6 is 11.3 Å². The SMILES string of the molecule is CCC(O)(c1nnc(Cc2ccc3c(C4CCC4)c(C(N)=O)sc3c2)o1)C(F)(F)F. The summed E-state index contributed by atoms with van der Waals surface area (Å²) < 4.78 is 45.6. The molecule has 1 aliphatic rings. The molecule has 1 saturated carbocycles. The van der Waals surface area contributed by atoms with E-state index in [0.717, 1.165) is 40.5 Å². The lowest BCUT2D eigenvalue weighted by molar-refractivity contribution is -0.275. The quantitative estimate of drug-likeness (QED) is 0.593. The average Bonchev–Trinajstić information content (AvgIpc) is 3.24. The Morgan fingerprint density at radius 1 is 1.33 bits per heavy atom. The molecule has 30 heavy (non-hydrogen) atoms. The molecule has 3 aromatic rings. The second kappa shape index (κ2) is 7.35. The van der Waals surface area contributed by atoms with Crippen LogP contribution in [0.2, 0.25) is 0 Å². The molecule has 1 aliphatic carbocycles. The lowest BCUT2D eigenvalue weighted by Crippen LogP contribution is -2.42. The Bertz CT molecular complexity index is 1100. The van der Waals surface area contributed by atoms with E-state index in [1.807, 2.05) is 18.2 Å². The van der Waals surface area contributed by atoms with Gasteiger partial charge in [-0.3, -0.25) is 4.79 Å². The number of benzene rings is 1. The van der Waals surface area contributed by atoms with Gasteiger partial charge in [0, 0.05) is 4.70 Å². The Morgan fingerprint density at radius 2 is 2.07 bits per heavy atom. The molecular weight excluding hydrogens is 419 g/mol. The maximum absolute atomic E-state index is 13.2. The highest BCUT2D eigenvalue weighted by molar-refractivity contribution is 7.21. The van der Waals surface area contributed by atoms with Crippen LogP contribution < -0.4 is 5.73 Å². The number of nitrogens with two attached hydrogens (primary N) is 1. The number of hydrogen-bond acceptors (Lipinski definition) is 6. The van der Waals surface area contributed by atoms with Crippen LogP contribution in [0.15, 0.2) is 22.6 Å².